The first kappa shape index (κ1) is 9.99. The molecule has 2 atom stereocenters. The van der Waals surface area contributed by atoms with E-state index in [0.717, 1.165) is 0 Å². The van der Waals surface area contributed by atoms with Crippen molar-refractivity contribution in [1.82, 2.24) is 0 Å². The monoisotopic (exact) mass is 304 g/mol. The van der Waals surface area contributed by atoms with Crippen molar-refractivity contribution in [2.24, 2.45) is 0 Å². The second-order valence-corrected chi connectivity index (χ2v) is 8.99. The lowest BCUT2D eigenvalue weighted by molar-refractivity contribution is 0.601. The molecule has 1 heterocycles. The van der Waals surface area contributed by atoms with E-state index in [1.807, 2.05) is 13.8 Å². The SMILES string of the molecule is CC1(Br)CS(=O)(=O)CC1(C)Br. The molecule has 1 fully saturated rings. The van der Waals surface area contributed by atoms with Gasteiger partial charge in [-0.1, -0.05) is 31.9 Å². The van der Waals surface area contributed by atoms with Crippen LogP contribution in [0.2, 0.25) is 0 Å². The Labute approximate surface area is 83.9 Å². The lowest BCUT2D eigenvalue weighted by Gasteiger charge is -2.28. The van der Waals surface area contributed by atoms with Gasteiger partial charge in [0.15, 0.2) is 9.84 Å². The summed E-state index contributed by atoms with van der Waals surface area (Å²) in [4.78, 5) is 0. The largest absolute Gasteiger partial charge is 0.229 e. The molecule has 0 bridgehead atoms. The molecule has 0 aromatic rings. The van der Waals surface area contributed by atoms with E-state index in [-0.39, 0.29) is 20.2 Å². The molecule has 1 aliphatic heterocycles. The molecule has 2 unspecified atom stereocenters. The van der Waals surface area contributed by atoms with Crippen LogP contribution in [0.5, 0.6) is 0 Å². The highest BCUT2D eigenvalue weighted by Gasteiger charge is 2.52. The average Bonchev–Trinajstić information content (AvgIpc) is 1.66. The minimum atomic E-state index is -2.86. The second-order valence-electron chi connectivity index (χ2n) is 3.43. The van der Waals surface area contributed by atoms with Gasteiger partial charge in [-0.2, -0.15) is 0 Å². The van der Waals surface area contributed by atoms with Gasteiger partial charge in [0.1, 0.15) is 0 Å². The molecule has 2 nitrogen and oxygen atoms in total. The highest BCUT2D eigenvalue weighted by atomic mass is 79.9. The number of hydrogen-bond donors (Lipinski definition) is 0. The molecule has 5 heteroatoms. The van der Waals surface area contributed by atoms with E-state index in [1.54, 1.807) is 0 Å². The van der Waals surface area contributed by atoms with Crippen LogP contribution in [0.3, 0.4) is 0 Å². The Kier molecular flexibility index (Phi) is 2.23. The van der Waals surface area contributed by atoms with Crippen molar-refractivity contribution in [1.29, 1.82) is 0 Å². The normalized spacial score (nSPS) is 49.5. The maximum atomic E-state index is 11.2. The summed E-state index contributed by atoms with van der Waals surface area (Å²) in [5.41, 5.74) is 0. The maximum Gasteiger partial charge on any atom is 0.153 e. The van der Waals surface area contributed by atoms with Gasteiger partial charge in [0, 0.05) is 0 Å². The highest BCUT2D eigenvalue weighted by molar-refractivity contribution is 9.13. The van der Waals surface area contributed by atoms with Gasteiger partial charge >= 0.3 is 0 Å². The van der Waals surface area contributed by atoms with E-state index in [2.05, 4.69) is 31.9 Å². The van der Waals surface area contributed by atoms with Crippen LogP contribution in [0, 0.1) is 0 Å². The lowest BCUT2D eigenvalue weighted by atomic mass is 10.0. The summed E-state index contributed by atoms with van der Waals surface area (Å²) in [6.07, 6.45) is 0. The number of alkyl halides is 2. The van der Waals surface area contributed by atoms with E-state index in [9.17, 15) is 8.42 Å². The summed E-state index contributed by atoms with van der Waals surface area (Å²) in [5.74, 6) is 0.420. The van der Waals surface area contributed by atoms with E-state index in [0.29, 0.717) is 0 Å². The van der Waals surface area contributed by atoms with Crippen molar-refractivity contribution in [3.63, 3.8) is 0 Å². The molecule has 0 aliphatic carbocycles. The third-order valence-corrected chi connectivity index (χ3v) is 7.69. The minimum Gasteiger partial charge on any atom is -0.229 e. The molecule has 0 radical (unpaired) electrons. The van der Waals surface area contributed by atoms with Gasteiger partial charge in [-0.25, -0.2) is 8.42 Å². The van der Waals surface area contributed by atoms with Crippen LogP contribution in [0.15, 0.2) is 0 Å². The van der Waals surface area contributed by atoms with E-state index >= 15 is 0 Å². The summed E-state index contributed by atoms with van der Waals surface area (Å²) in [5, 5.41) is 0. The molecule has 0 spiro atoms. The van der Waals surface area contributed by atoms with Gasteiger partial charge in [0.05, 0.1) is 20.2 Å². The average molecular weight is 306 g/mol. The molecule has 0 aromatic heterocycles. The van der Waals surface area contributed by atoms with Crippen LogP contribution < -0.4 is 0 Å². The quantitative estimate of drug-likeness (QED) is 0.639. The van der Waals surface area contributed by atoms with Crippen LogP contribution in [-0.4, -0.2) is 28.6 Å². The molecule has 66 valence electrons. The number of hydrogen-bond acceptors (Lipinski definition) is 2. The van der Waals surface area contributed by atoms with E-state index in [4.69, 9.17) is 0 Å². The van der Waals surface area contributed by atoms with Crippen LogP contribution >= 0.6 is 31.9 Å². The van der Waals surface area contributed by atoms with Crippen LogP contribution in [-0.2, 0) is 9.84 Å². The highest BCUT2D eigenvalue weighted by Crippen LogP contribution is 2.45. The van der Waals surface area contributed by atoms with Crippen molar-refractivity contribution < 1.29 is 8.42 Å². The van der Waals surface area contributed by atoms with Gasteiger partial charge in [-0.05, 0) is 13.8 Å². The standard InChI is InChI=1S/C6H10Br2O2S/c1-5(7)3-11(9,10)4-6(5,2)8/h3-4H2,1-2H3. The van der Waals surface area contributed by atoms with Crippen molar-refractivity contribution >= 4 is 41.7 Å². The van der Waals surface area contributed by atoms with E-state index in [1.165, 1.54) is 0 Å². The predicted molar refractivity (Wildman–Crippen MR) is 53.3 cm³/mol. The van der Waals surface area contributed by atoms with Gasteiger partial charge in [0.2, 0.25) is 0 Å². The van der Waals surface area contributed by atoms with Gasteiger partial charge in [-0.15, -0.1) is 0 Å². The lowest BCUT2D eigenvalue weighted by Crippen LogP contribution is -2.37. The Balaban J connectivity index is 3.08. The fraction of sp³-hybridized carbons (Fsp3) is 1.00. The first-order valence-corrected chi connectivity index (χ1v) is 6.65. The molecule has 1 aliphatic rings. The van der Waals surface area contributed by atoms with Crippen molar-refractivity contribution in [3.8, 4) is 0 Å². The molecule has 1 saturated heterocycles. The third kappa shape index (κ3) is 1.80. The molecular formula is C6H10Br2O2S. The first-order chi connectivity index (χ1) is 4.66. The number of sulfone groups is 1. The maximum absolute atomic E-state index is 11.2. The van der Waals surface area contributed by atoms with E-state index < -0.39 is 9.84 Å². The fourth-order valence-corrected chi connectivity index (χ4v) is 6.31. The fourth-order valence-electron chi connectivity index (χ4n) is 1.18. The second kappa shape index (κ2) is 2.45. The Morgan fingerprint density at radius 2 is 1.36 bits per heavy atom. The zero-order valence-electron chi connectivity index (χ0n) is 6.39. The zero-order valence-corrected chi connectivity index (χ0v) is 10.4. The number of halogens is 2. The van der Waals surface area contributed by atoms with Crippen LogP contribution in [0.25, 0.3) is 0 Å². The molecule has 1 rings (SSSR count). The minimum absolute atomic E-state index is 0.210. The van der Waals surface area contributed by atoms with Gasteiger partial charge in [-0.3, -0.25) is 0 Å². The summed E-state index contributed by atoms with van der Waals surface area (Å²) < 4.78 is 21.7. The molecule has 0 aromatic carbocycles. The summed E-state index contributed by atoms with van der Waals surface area (Å²) in [7, 11) is -2.86. The van der Waals surface area contributed by atoms with Crippen LogP contribution in [0.4, 0.5) is 0 Å². The van der Waals surface area contributed by atoms with Crippen molar-refractivity contribution in [3.05, 3.63) is 0 Å². The summed E-state index contributed by atoms with van der Waals surface area (Å²) in [6, 6.07) is 0. The summed E-state index contributed by atoms with van der Waals surface area (Å²) >= 11 is 6.83. The summed E-state index contributed by atoms with van der Waals surface area (Å²) in [6.45, 7) is 3.79. The molecule has 11 heavy (non-hydrogen) atoms. The zero-order chi connectivity index (χ0) is 8.91. The molecular weight excluding hydrogens is 296 g/mol. The molecule has 0 amide bonds. The topological polar surface area (TPSA) is 34.1 Å². The Hall–Kier alpha value is 0.910. The first-order valence-electron chi connectivity index (χ1n) is 3.25. The Morgan fingerprint density at radius 1 is 1.09 bits per heavy atom. The third-order valence-electron chi connectivity index (χ3n) is 2.07. The molecule has 0 saturated carbocycles. The number of rotatable bonds is 0. The van der Waals surface area contributed by atoms with Crippen molar-refractivity contribution in [2.45, 2.75) is 22.5 Å². The smallest absolute Gasteiger partial charge is 0.153 e. The van der Waals surface area contributed by atoms with Crippen LogP contribution in [0.1, 0.15) is 13.8 Å². The van der Waals surface area contributed by atoms with Gasteiger partial charge in [0.25, 0.3) is 0 Å². The Morgan fingerprint density at radius 3 is 1.45 bits per heavy atom. The Bertz CT molecular complexity index is 244. The predicted octanol–water partition coefficient (Wildman–Crippen LogP) is 1.72. The van der Waals surface area contributed by atoms with Crippen molar-refractivity contribution in [2.75, 3.05) is 11.5 Å². The molecule has 0 N–H and O–H groups in total. The van der Waals surface area contributed by atoms with Gasteiger partial charge < -0.3 is 0 Å².